The molecule has 13 heavy (non-hydrogen) atoms. The van der Waals surface area contributed by atoms with Gasteiger partial charge in [0.05, 0.1) is 13.2 Å². The van der Waals surface area contributed by atoms with E-state index in [0.717, 1.165) is 0 Å². The minimum atomic E-state index is 0.638. The summed E-state index contributed by atoms with van der Waals surface area (Å²) in [6, 6.07) is 12.4. The van der Waals surface area contributed by atoms with E-state index in [-0.39, 0.29) is 0 Å². The van der Waals surface area contributed by atoms with Gasteiger partial charge in [0, 0.05) is 12.5 Å². The molecule has 68 valence electrons. The lowest BCUT2D eigenvalue weighted by Crippen LogP contribution is -1.94. The van der Waals surface area contributed by atoms with E-state index in [4.69, 9.17) is 10.5 Å². The third kappa shape index (κ3) is 4.19. The first-order valence-electron chi connectivity index (χ1n) is 4.23. The third-order valence-corrected chi connectivity index (χ3v) is 1.59. The summed E-state index contributed by atoms with van der Waals surface area (Å²) in [5, 5.41) is 0. The average molecular weight is 175 g/mol. The SMILES string of the molecule is NC#CCCOCc1ccccc1. The van der Waals surface area contributed by atoms with E-state index in [0.29, 0.717) is 19.6 Å². The molecular formula is C11H13NO. The molecule has 1 aromatic rings. The molecule has 0 aromatic heterocycles. The molecule has 0 aliphatic heterocycles. The monoisotopic (exact) mass is 175 g/mol. The molecule has 1 rings (SSSR count). The van der Waals surface area contributed by atoms with Gasteiger partial charge in [0.2, 0.25) is 0 Å². The minimum Gasteiger partial charge on any atom is -0.376 e. The number of hydrogen-bond acceptors (Lipinski definition) is 2. The first kappa shape index (κ1) is 9.63. The molecule has 0 aliphatic rings. The van der Waals surface area contributed by atoms with Gasteiger partial charge in [0.1, 0.15) is 0 Å². The van der Waals surface area contributed by atoms with Crippen molar-refractivity contribution in [3.63, 3.8) is 0 Å². The molecule has 1 aromatic carbocycles. The van der Waals surface area contributed by atoms with Crippen LogP contribution in [0.1, 0.15) is 12.0 Å². The maximum absolute atomic E-state index is 5.36. The molecule has 2 heteroatoms. The van der Waals surface area contributed by atoms with Crippen molar-refractivity contribution in [2.45, 2.75) is 13.0 Å². The van der Waals surface area contributed by atoms with Crippen molar-refractivity contribution in [1.82, 2.24) is 0 Å². The van der Waals surface area contributed by atoms with E-state index in [1.165, 1.54) is 5.56 Å². The Kier molecular flexibility index (Phi) is 4.52. The molecule has 0 saturated carbocycles. The Morgan fingerprint density at radius 2 is 2.00 bits per heavy atom. The second-order valence-corrected chi connectivity index (χ2v) is 2.61. The van der Waals surface area contributed by atoms with Crippen LogP contribution in [0.3, 0.4) is 0 Å². The van der Waals surface area contributed by atoms with Gasteiger partial charge >= 0.3 is 0 Å². The van der Waals surface area contributed by atoms with Gasteiger partial charge in [-0.25, -0.2) is 0 Å². The molecule has 0 unspecified atom stereocenters. The van der Waals surface area contributed by atoms with E-state index in [1.807, 2.05) is 30.3 Å². The third-order valence-electron chi connectivity index (χ3n) is 1.59. The van der Waals surface area contributed by atoms with Crippen LogP contribution in [0.2, 0.25) is 0 Å². The largest absolute Gasteiger partial charge is 0.376 e. The van der Waals surface area contributed by atoms with Crippen molar-refractivity contribution in [3.05, 3.63) is 35.9 Å². The van der Waals surface area contributed by atoms with E-state index < -0.39 is 0 Å². The van der Waals surface area contributed by atoms with Crippen molar-refractivity contribution in [3.8, 4) is 12.0 Å². The van der Waals surface area contributed by atoms with Crippen LogP contribution >= 0.6 is 0 Å². The van der Waals surface area contributed by atoms with Gasteiger partial charge in [-0.2, -0.15) is 0 Å². The fourth-order valence-corrected chi connectivity index (χ4v) is 0.960. The van der Waals surface area contributed by atoms with E-state index >= 15 is 0 Å². The summed E-state index contributed by atoms with van der Waals surface area (Å²) >= 11 is 0. The van der Waals surface area contributed by atoms with Gasteiger partial charge in [-0.1, -0.05) is 36.3 Å². The molecule has 0 amide bonds. The highest BCUT2D eigenvalue weighted by Crippen LogP contribution is 2.00. The zero-order valence-corrected chi connectivity index (χ0v) is 7.49. The van der Waals surface area contributed by atoms with Crippen LogP contribution in [0.4, 0.5) is 0 Å². The molecule has 2 nitrogen and oxygen atoms in total. The Bertz CT molecular complexity index is 284. The van der Waals surface area contributed by atoms with E-state index in [9.17, 15) is 0 Å². The van der Waals surface area contributed by atoms with Crippen LogP contribution in [0.15, 0.2) is 30.3 Å². The van der Waals surface area contributed by atoms with E-state index in [1.54, 1.807) is 0 Å². The first-order valence-corrected chi connectivity index (χ1v) is 4.23. The maximum Gasteiger partial charge on any atom is 0.0717 e. The number of benzene rings is 1. The second kappa shape index (κ2) is 6.10. The minimum absolute atomic E-state index is 0.638. The summed E-state index contributed by atoms with van der Waals surface area (Å²) < 4.78 is 5.36. The van der Waals surface area contributed by atoms with Gasteiger partial charge in [-0.3, -0.25) is 0 Å². The Morgan fingerprint density at radius 3 is 2.69 bits per heavy atom. The molecule has 0 spiro atoms. The van der Waals surface area contributed by atoms with Gasteiger partial charge in [-0.15, -0.1) is 0 Å². The number of nitrogens with two attached hydrogens (primary N) is 1. The van der Waals surface area contributed by atoms with Crippen molar-refractivity contribution in [1.29, 1.82) is 0 Å². The van der Waals surface area contributed by atoms with Crippen LogP contribution in [-0.2, 0) is 11.3 Å². The Hall–Kier alpha value is -1.46. The number of rotatable bonds is 4. The summed E-state index contributed by atoms with van der Waals surface area (Å²) in [5.41, 5.74) is 6.19. The highest BCUT2D eigenvalue weighted by molar-refractivity contribution is 5.13. The van der Waals surface area contributed by atoms with Crippen LogP contribution in [0, 0.1) is 12.0 Å². The van der Waals surface area contributed by atoms with Gasteiger partial charge < -0.3 is 10.5 Å². The molecule has 0 radical (unpaired) electrons. The lowest BCUT2D eigenvalue weighted by Gasteiger charge is -2.00. The van der Waals surface area contributed by atoms with Crippen molar-refractivity contribution in [2.24, 2.45) is 5.73 Å². The summed E-state index contributed by atoms with van der Waals surface area (Å²) in [5.74, 6) is 2.74. The van der Waals surface area contributed by atoms with Crippen LogP contribution in [0.25, 0.3) is 0 Å². The second-order valence-electron chi connectivity index (χ2n) is 2.61. The molecule has 0 fully saturated rings. The van der Waals surface area contributed by atoms with E-state index in [2.05, 4.69) is 12.0 Å². The molecule has 0 heterocycles. The van der Waals surface area contributed by atoms with Gasteiger partial charge in [0.15, 0.2) is 0 Å². The fourth-order valence-electron chi connectivity index (χ4n) is 0.960. The lowest BCUT2D eigenvalue weighted by molar-refractivity contribution is 0.126. The molecular weight excluding hydrogens is 162 g/mol. The Balaban J connectivity index is 2.16. The summed E-state index contributed by atoms with van der Waals surface area (Å²) in [4.78, 5) is 0. The highest BCUT2D eigenvalue weighted by atomic mass is 16.5. The fraction of sp³-hybridized carbons (Fsp3) is 0.273. The quantitative estimate of drug-likeness (QED) is 0.427. The molecule has 2 N–H and O–H groups in total. The predicted octanol–water partition coefficient (Wildman–Crippen LogP) is 1.51. The van der Waals surface area contributed by atoms with Crippen LogP contribution in [-0.4, -0.2) is 6.61 Å². The smallest absolute Gasteiger partial charge is 0.0717 e. The number of ether oxygens (including phenoxy) is 1. The molecule has 0 saturated heterocycles. The molecule has 0 aliphatic carbocycles. The van der Waals surface area contributed by atoms with Crippen molar-refractivity contribution in [2.75, 3.05) is 6.61 Å². The van der Waals surface area contributed by atoms with Gasteiger partial charge in [0.25, 0.3) is 0 Å². The maximum atomic E-state index is 5.36. The van der Waals surface area contributed by atoms with Crippen LogP contribution in [0.5, 0.6) is 0 Å². The Morgan fingerprint density at radius 1 is 1.23 bits per heavy atom. The lowest BCUT2D eigenvalue weighted by atomic mass is 10.2. The average Bonchev–Trinajstić information content (AvgIpc) is 2.19. The normalized spacial score (nSPS) is 8.92. The summed E-state index contributed by atoms with van der Waals surface area (Å²) in [6.45, 7) is 1.28. The Labute approximate surface area is 78.7 Å². The summed E-state index contributed by atoms with van der Waals surface area (Å²) in [7, 11) is 0. The zero-order valence-electron chi connectivity index (χ0n) is 7.49. The standard InChI is InChI=1S/C11H13NO/c12-8-4-5-9-13-10-11-6-2-1-3-7-11/h1-3,6-7H,5,9-10,12H2. The van der Waals surface area contributed by atoms with Gasteiger partial charge in [-0.05, 0) is 5.56 Å². The highest BCUT2D eigenvalue weighted by Gasteiger charge is 1.89. The number of hydrogen-bond donors (Lipinski definition) is 1. The predicted molar refractivity (Wildman–Crippen MR) is 52.7 cm³/mol. The zero-order chi connectivity index (χ0) is 9.36. The molecule has 0 bridgehead atoms. The van der Waals surface area contributed by atoms with Crippen LogP contribution < -0.4 is 5.73 Å². The molecule has 0 atom stereocenters. The van der Waals surface area contributed by atoms with Crippen molar-refractivity contribution < 1.29 is 4.74 Å². The first-order chi connectivity index (χ1) is 6.43. The topological polar surface area (TPSA) is 35.2 Å². The van der Waals surface area contributed by atoms with Crippen molar-refractivity contribution >= 4 is 0 Å². The summed E-state index contributed by atoms with van der Waals surface area (Å²) in [6.07, 6.45) is 0.698.